The molecular weight excluding hydrogens is 318 g/mol. The zero-order valence-electron chi connectivity index (χ0n) is 13.8. The summed E-state index contributed by atoms with van der Waals surface area (Å²) in [5, 5.41) is 2.04. The highest BCUT2D eigenvalue weighted by atomic mass is 32.1. The third-order valence-electron chi connectivity index (χ3n) is 4.62. The molecule has 1 fully saturated rings. The number of carbonyl (C=O) groups excluding carboxylic acids is 2. The first-order chi connectivity index (χ1) is 11.7. The number of hydrogen-bond donors (Lipinski definition) is 0. The fourth-order valence-electron chi connectivity index (χ4n) is 3.25. The summed E-state index contributed by atoms with van der Waals surface area (Å²) in [4.78, 5) is 28.1. The molecule has 0 spiro atoms. The summed E-state index contributed by atoms with van der Waals surface area (Å²) in [5.41, 5.74) is 1.06. The molecule has 0 bridgehead atoms. The van der Waals surface area contributed by atoms with Gasteiger partial charge in [-0.3, -0.25) is 9.59 Å². The lowest BCUT2D eigenvalue weighted by Gasteiger charge is -2.32. The number of amides is 1. The monoisotopic (exact) mass is 341 g/mol. The smallest absolute Gasteiger partial charge is 0.222 e. The normalized spacial score (nSPS) is 17.7. The second-order valence-corrected chi connectivity index (χ2v) is 7.42. The van der Waals surface area contributed by atoms with E-state index in [1.54, 1.807) is 11.3 Å². The number of nitrogens with zero attached hydrogens (tertiary/aromatic N) is 1. The van der Waals surface area contributed by atoms with Crippen molar-refractivity contribution in [2.24, 2.45) is 5.92 Å². The molecule has 0 unspecified atom stereocenters. The quantitative estimate of drug-likeness (QED) is 0.803. The van der Waals surface area contributed by atoms with E-state index in [2.05, 4.69) is 6.07 Å². The third-order valence-corrected chi connectivity index (χ3v) is 5.55. The summed E-state index contributed by atoms with van der Waals surface area (Å²) in [6, 6.07) is 14.0. The van der Waals surface area contributed by atoms with Gasteiger partial charge in [0.05, 0.1) is 0 Å². The maximum absolute atomic E-state index is 12.5. The van der Waals surface area contributed by atoms with Crippen molar-refractivity contribution in [3.63, 3.8) is 0 Å². The van der Waals surface area contributed by atoms with Crippen LogP contribution in [-0.4, -0.2) is 29.7 Å². The molecule has 2 aromatic rings. The van der Waals surface area contributed by atoms with Crippen molar-refractivity contribution < 1.29 is 9.59 Å². The molecule has 1 amide bonds. The number of Topliss-reactive ketones (excluding diaryl/α,β-unsaturated/α-hetero) is 1. The van der Waals surface area contributed by atoms with Gasteiger partial charge in [0.1, 0.15) is 5.78 Å². The number of aryl methyl sites for hydroxylation is 1. The molecule has 0 aliphatic carbocycles. The predicted octanol–water partition coefficient (Wildman–Crippen LogP) is 3.73. The van der Waals surface area contributed by atoms with Crippen molar-refractivity contribution in [2.45, 2.75) is 32.1 Å². The van der Waals surface area contributed by atoms with Gasteiger partial charge < -0.3 is 4.90 Å². The van der Waals surface area contributed by atoms with Gasteiger partial charge in [-0.15, -0.1) is 11.3 Å². The number of rotatable bonds is 6. The lowest BCUT2D eigenvalue weighted by molar-refractivity contribution is -0.135. The van der Waals surface area contributed by atoms with Crippen LogP contribution in [-0.2, 0) is 22.4 Å². The Kier molecular flexibility index (Phi) is 5.81. The predicted molar refractivity (Wildman–Crippen MR) is 97.1 cm³/mol. The van der Waals surface area contributed by atoms with Gasteiger partial charge in [-0.2, -0.15) is 0 Å². The van der Waals surface area contributed by atoms with Crippen LogP contribution in [0.25, 0.3) is 0 Å². The highest BCUT2D eigenvalue weighted by molar-refractivity contribution is 7.09. The lowest BCUT2D eigenvalue weighted by atomic mass is 9.90. The Morgan fingerprint density at radius 1 is 1.12 bits per heavy atom. The molecule has 0 radical (unpaired) electrons. The second kappa shape index (κ2) is 8.25. The van der Waals surface area contributed by atoms with Crippen LogP contribution in [0.15, 0.2) is 47.8 Å². The number of benzene rings is 1. The first-order valence-electron chi connectivity index (χ1n) is 8.59. The fraction of sp³-hybridized carbons (Fsp3) is 0.400. The Morgan fingerprint density at radius 2 is 1.96 bits per heavy atom. The average molecular weight is 341 g/mol. The number of carbonyl (C=O) groups is 2. The van der Waals surface area contributed by atoms with Crippen LogP contribution in [0.2, 0.25) is 0 Å². The van der Waals surface area contributed by atoms with E-state index in [1.165, 1.54) is 4.88 Å². The topological polar surface area (TPSA) is 37.4 Å². The second-order valence-electron chi connectivity index (χ2n) is 6.39. The largest absolute Gasteiger partial charge is 0.342 e. The lowest BCUT2D eigenvalue weighted by Crippen LogP contribution is -2.42. The van der Waals surface area contributed by atoms with Crippen molar-refractivity contribution in [3.05, 3.63) is 58.3 Å². The van der Waals surface area contributed by atoms with E-state index in [0.29, 0.717) is 19.4 Å². The number of ketones is 1. The van der Waals surface area contributed by atoms with E-state index in [1.807, 2.05) is 46.7 Å². The molecule has 1 aromatic heterocycles. The Morgan fingerprint density at radius 3 is 2.71 bits per heavy atom. The number of thiophene rings is 1. The van der Waals surface area contributed by atoms with Crippen molar-refractivity contribution in [1.82, 2.24) is 4.90 Å². The van der Waals surface area contributed by atoms with Gasteiger partial charge in [-0.25, -0.2) is 0 Å². The minimum atomic E-state index is -0.00959. The molecule has 0 saturated carbocycles. The van der Waals surface area contributed by atoms with Crippen molar-refractivity contribution in [2.75, 3.05) is 13.1 Å². The molecular formula is C20H23NO2S. The molecule has 1 aliphatic rings. The fourth-order valence-corrected chi connectivity index (χ4v) is 3.96. The molecule has 3 nitrogen and oxygen atoms in total. The van der Waals surface area contributed by atoms with Crippen molar-refractivity contribution in [1.29, 1.82) is 0 Å². The van der Waals surface area contributed by atoms with Crippen LogP contribution in [0.1, 0.15) is 29.7 Å². The molecule has 1 aromatic carbocycles. The zero-order chi connectivity index (χ0) is 16.8. The summed E-state index contributed by atoms with van der Waals surface area (Å²) < 4.78 is 0. The van der Waals surface area contributed by atoms with Crippen LogP contribution < -0.4 is 0 Å². The minimum Gasteiger partial charge on any atom is -0.342 e. The molecule has 0 N–H and O–H groups in total. The molecule has 1 aliphatic heterocycles. The van der Waals surface area contributed by atoms with E-state index >= 15 is 0 Å². The van der Waals surface area contributed by atoms with Crippen molar-refractivity contribution >= 4 is 23.0 Å². The van der Waals surface area contributed by atoms with Crippen LogP contribution in [0.5, 0.6) is 0 Å². The van der Waals surface area contributed by atoms with Gasteiger partial charge >= 0.3 is 0 Å². The zero-order valence-corrected chi connectivity index (χ0v) is 14.6. The van der Waals surface area contributed by atoms with Gasteiger partial charge in [0.25, 0.3) is 0 Å². The van der Waals surface area contributed by atoms with Crippen LogP contribution in [0, 0.1) is 5.92 Å². The van der Waals surface area contributed by atoms with E-state index in [9.17, 15) is 9.59 Å². The van der Waals surface area contributed by atoms with Crippen LogP contribution in [0.3, 0.4) is 0 Å². The Balaban J connectivity index is 1.51. The van der Waals surface area contributed by atoms with Gasteiger partial charge in [0.2, 0.25) is 5.91 Å². The van der Waals surface area contributed by atoms with Gasteiger partial charge in [-0.05, 0) is 36.3 Å². The maximum atomic E-state index is 12.5. The molecule has 24 heavy (non-hydrogen) atoms. The number of piperidine rings is 1. The van der Waals surface area contributed by atoms with E-state index in [-0.39, 0.29) is 17.6 Å². The molecule has 126 valence electrons. The summed E-state index contributed by atoms with van der Waals surface area (Å²) in [7, 11) is 0. The summed E-state index contributed by atoms with van der Waals surface area (Å²) in [6.45, 7) is 1.38. The minimum absolute atomic E-state index is 0.00959. The van der Waals surface area contributed by atoms with E-state index in [4.69, 9.17) is 0 Å². The third kappa shape index (κ3) is 4.54. The first-order valence-corrected chi connectivity index (χ1v) is 9.47. The standard InChI is InChI=1S/C20H23NO2S/c22-19(14-16-6-2-1-3-7-16)17-8-4-12-21(15-17)20(23)11-10-18-9-5-13-24-18/h1-3,5-7,9,13,17H,4,8,10-12,14-15H2/t17-/m0/s1. The Labute approximate surface area is 147 Å². The van der Waals surface area contributed by atoms with Gasteiger partial charge in [0.15, 0.2) is 0 Å². The molecule has 1 atom stereocenters. The first kappa shape index (κ1) is 16.9. The number of hydrogen-bond acceptors (Lipinski definition) is 3. The van der Waals surface area contributed by atoms with E-state index in [0.717, 1.165) is 31.4 Å². The van der Waals surface area contributed by atoms with Crippen LogP contribution >= 0.6 is 11.3 Å². The Hall–Kier alpha value is -1.94. The Bertz CT molecular complexity index is 666. The van der Waals surface area contributed by atoms with Crippen molar-refractivity contribution in [3.8, 4) is 0 Å². The van der Waals surface area contributed by atoms with Gasteiger partial charge in [-0.1, -0.05) is 36.4 Å². The maximum Gasteiger partial charge on any atom is 0.222 e. The van der Waals surface area contributed by atoms with Gasteiger partial charge in [0, 0.05) is 36.7 Å². The highest BCUT2D eigenvalue weighted by Crippen LogP contribution is 2.21. The van der Waals surface area contributed by atoms with Crippen LogP contribution in [0.4, 0.5) is 0 Å². The highest BCUT2D eigenvalue weighted by Gasteiger charge is 2.27. The SMILES string of the molecule is O=C(Cc1ccccc1)[C@H]1CCCN(C(=O)CCc2cccs2)C1. The summed E-state index contributed by atoms with van der Waals surface area (Å²) in [5.74, 6) is 0.433. The summed E-state index contributed by atoms with van der Waals surface area (Å²) >= 11 is 1.69. The molecule has 4 heteroatoms. The number of likely N-dealkylation sites (tertiary alicyclic amines) is 1. The molecule has 3 rings (SSSR count). The molecule has 1 saturated heterocycles. The summed E-state index contributed by atoms with van der Waals surface area (Å²) in [6.07, 6.45) is 3.65. The van der Waals surface area contributed by atoms with E-state index < -0.39 is 0 Å². The average Bonchev–Trinajstić information content (AvgIpc) is 3.14. The molecule has 2 heterocycles.